The number of nitriles is 1. The Hall–Kier alpha value is -2.72. The Morgan fingerprint density at radius 1 is 1.29 bits per heavy atom. The summed E-state index contributed by atoms with van der Waals surface area (Å²) in [5.74, 6) is -0.499. The van der Waals surface area contributed by atoms with Crippen LogP contribution >= 0.6 is 15.9 Å². The molecular formula is C14H8BrN3O3. The predicted molar refractivity (Wildman–Crippen MR) is 79.9 cm³/mol. The van der Waals surface area contributed by atoms with E-state index in [1.54, 1.807) is 18.2 Å². The van der Waals surface area contributed by atoms with E-state index in [4.69, 9.17) is 5.26 Å². The molecule has 0 aliphatic rings. The predicted octanol–water partition coefficient (Wildman–Crippen LogP) is 3.48. The van der Waals surface area contributed by atoms with Crippen LogP contribution in [0.15, 0.2) is 46.9 Å². The van der Waals surface area contributed by atoms with Crippen molar-refractivity contribution in [2.45, 2.75) is 0 Å². The number of nitro groups is 1. The van der Waals surface area contributed by atoms with Gasteiger partial charge in [-0.15, -0.1) is 0 Å². The monoisotopic (exact) mass is 345 g/mol. The number of halogens is 1. The summed E-state index contributed by atoms with van der Waals surface area (Å²) in [5, 5.41) is 22.2. The molecule has 104 valence electrons. The number of nitrogens with one attached hydrogen (secondary N) is 1. The summed E-state index contributed by atoms with van der Waals surface area (Å²) < 4.78 is 0.446. The van der Waals surface area contributed by atoms with Crippen molar-refractivity contribution in [3.05, 3.63) is 68.2 Å². The first kappa shape index (κ1) is 14.7. The quantitative estimate of drug-likeness (QED) is 0.680. The molecule has 21 heavy (non-hydrogen) atoms. The summed E-state index contributed by atoms with van der Waals surface area (Å²) >= 11 is 3.19. The topological polar surface area (TPSA) is 96.0 Å². The largest absolute Gasteiger partial charge is 0.322 e. The second kappa shape index (κ2) is 6.15. The number of non-ortho nitro benzene ring substituents is 1. The van der Waals surface area contributed by atoms with Gasteiger partial charge in [-0.2, -0.15) is 5.26 Å². The molecule has 0 unspecified atom stereocenters. The van der Waals surface area contributed by atoms with Gasteiger partial charge in [0.05, 0.1) is 22.1 Å². The molecule has 0 heterocycles. The highest BCUT2D eigenvalue weighted by atomic mass is 79.9. The van der Waals surface area contributed by atoms with E-state index in [1.807, 2.05) is 6.07 Å². The maximum absolute atomic E-state index is 12.2. The summed E-state index contributed by atoms with van der Waals surface area (Å²) in [4.78, 5) is 22.3. The number of nitro benzene ring substituents is 1. The minimum Gasteiger partial charge on any atom is -0.322 e. The molecular weight excluding hydrogens is 338 g/mol. The van der Waals surface area contributed by atoms with Gasteiger partial charge in [0, 0.05) is 22.3 Å². The van der Waals surface area contributed by atoms with Crippen molar-refractivity contribution in [3.8, 4) is 6.07 Å². The highest BCUT2D eigenvalue weighted by molar-refractivity contribution is 9.10. The van der Waals surface area contributed by atoms with Gasteiger partial charge in [0.2, 0.25) is 0 Å². The Morgan fingerprint density at radius 3 is 2.71 bits per heavy atom. The van der Waals surface area contributed by atoms with E-state index in [0.29, 0.717) is 15.7 Å². The SMILES string of the molecule is N#Cc1cccc(NC(=O)c2cc([N+](=O)[O-])ccc2Br)c1. The highest BCUT2D eigenvalue weighted by Crippen LogP contribution is 2.23. The second-order valence-corrected chi connectivity index (χ2v) is 4.92. The van der Waals surface area contributed by atoms with Crippen molar-refractivity contribution in [2.24, 2.45) is 0 Å². The van der Waals surface area contributed by atoms with Gasteiger partial charge < -0.3 is 5.32 Å². The number of rotatable bonds is 3. The molecule has 0 saturated carbocycles. The van der Waals surface area contributed by atoms with Crippen molar-refractivity contribution in [3.63, 3.8) is 0 Å². The van der Waals surface area contributed by atoms with Crippen LogP contribution in [0.5, 0.6) is 0 Å². The number of carbonyl (C=O) groups is 1. The molecule has 0 aromatic heterocycles. The molecule has 1 amide bonds. The van der Waals surface area contributed by atoms with E-state index in [2.05, 4.69) is 21.2 Å². The van der Waals surface area contributed by atoms with E-state index < -0.39 is 10.8 Å². The molecule has 1 N–H and O–H groups in total. The van der Waals surface area contributed by atoms with Gasteiger partial charge in [0.15, 0.2) is 0 Å². The summed E-state index contributed by atoms with van der Waals surface area (Å²) in [6.07, 6.45) is 0. The average molecular weight is 346 g/mol. The summed E-state index contributed by atoms with van der Waals surface area (Å²) in [6, 6.07) is 12.3. The molecule has 7 heteroatoms. The summed E-state index contributed by atoms with van der Waals surface area (Å²) in [7, 11) is 0. The fourth-order valence-electron chi connectivity index (χ4n) is 1.67. The van der Waals surface area contributed by atoms with Crippen molar-refractivity contribution in [1.82, 2.24) is 0 Å². The molecule has 0 aliphatic carbocycles. The lowest BCUT2D eigenvalue weighted by Crippen LogP contribution is -2.13. The lowest BCUT2D eigenvalue weighted by molar-refractivity contribution is -0.384. The van der Waals surface area contributed by atoms with Crippen molar-refractivity contribution in [1.29, 1.82) is 5.26 Å². The van der Waals surface area contributed by atoms with Gasteiger partial charge in [-0.05, 0) is 40.2 Å². The maximum atomic E-state index is 12.2. The lowest BCUT2D eigenvalue weighted by Gasteiger charge is -2.07. The van der Waals surface area contributed by atoms with Gasteiger partial charge >= 0.3 is 0 Å². The Labute approximate surface area is 128 Å². The van der Waals surface area contributed by atoms with Crippen molar-refractivity contribution in [2.75, 3.05) is 5.32 Å². The van der Waals surface area contributed by atoms with Crippen molar-refractivity contribution >= 4 is 33.2 Å². The Kier molecular flexibility index (Phi) is 4.30. The first-order valence-corrected chi connectivity index (χ1v) is 6.56. The highest BCUT2D eigenvalue weighted by Gasteiger charge is 2.15. The van der Waals surface area contributed by atoms with E-state index in [9.17, 15) is 14.9 Å². The number of anilines is 1. The third-order valence-electron chi connectivity index (χ3n) is 2.65. The smallest absolute Gasteiger partial charge is 0.270 e. The molecule has 0 spiro atoms. The standard InChI is InChI=1S/C14H8BrN3O3/c15-13-5-4-11(18(20)21)7-12(13)14(19)17-10-3-1-2-9(6-10)8-16/h1-7H,(H,17,19). The third kappa shape index (κ3) is 3.43. The zero-order chi connectivity index (χ0) is 15.4. The van der Waals surface area contributed by atoms with Gasteiger partial charge in [-0.25, -0.2) is 0 Å². The number of hydrogen-bond donors (Lipinski definition) is 1. The van der Waals surface area contributed by atoms with Crippen LogP contribution in [0.1, 0.15) is 15.9 Å². The van der Waals surface area contributed by atoms with Crippen LogP contribution in [0.3, 0.4) is 0 Å². The van der Waals surface area contributed by atoms with Gasteiger partial charge in [0.1, 0.15) is 0 Å². The Morgan fingerprint density at radius 2 is 2.05 bits per heavy atom. The Balaban J connectivity index is 2.30. The number of hydrogen-bond acceptors (Lipinski definition) is 4. The van der Waals surface area contributed by atoms with Gasteiger partial charge in [-0.1, -0.05) is 6.07 Å². The first-order chi connectivity index (χ1) is 10.0. The number of benzene rings is 2. The fourth-order valence-corrected chi connectivity index (χ4v) is 2.09. The molecule has 0 bridgehead atoms. The lowest BCUT2D eigenvalue weighted by atomic mass is 10.1. The minimum atomic E-state index is -0.570. The van der Waals surface area contributed by atoms with Crippen LogP contribution < -0.4 is 5.32 Å². The number of nitrogens with zero attached hydrogens (tertiary/aromatic N) is 2. The Bertz CT molecular complexity index is 768. The molecule has 2 aromatic carbocycles. The molecule has 2 aromatic rings. The minimum absolute atomic E-state index is 0.145. The first-order valence-electron chi connectivity index (χ1n) is 5.76. The van der Waals surface area contributed by atoms with Crippen LogP contribution in [0, 0.1) is 21.4 Å². The zero-order valence-electron chi connectivity index (χ0n) is 10.5. The molecule has 2 rings (SSSR count). The normalized spacial score (nSPS) is 9.71. The third-order valence-corrected chi connectivity index (χ3v) is 3.35. The van der Waals surface area contributed by atoms with Crippen LogP contribution in [-0.2, 0) is 0 Å². The van der Waals surface area contributed by atoms with Gasteiger partial charge in [0.25, 0.3) is 11.6 Å². The zero-order valence-corrected chi connectivity index (χ0v) is 12.1. The van der Waals surface area contributed by atoms with E-state index >= 15 is 0 Å². The molecule has 0 atom stereocenters. The second-order valence-electron chi connectivity index (χ2n) is 4.07. The molecule has 0 aliphatic heterocycles. The van der Waals surface area contributed by atoms with Crippen LogP contribution in [0.2, 0.25) is 0 Å². The number of amides is 1. The molecule has 0 saturated heterocycles. The van der Waals surface area contributed by atoms with E-state index in [-0.39, 0.29) is 11.3 Å². The van der Waals surface area contributed by atoms with Crippen molar-refractivity contribution < 1.29 is 9.72 Å². The average Bonchev–Trinajstić information content (AvgIpc) is 2.47. The summed E-state index contributed by atoms with van der Waals surface area (Å²) in [6.45, 7) is 0. The van der Waals surface area contributed by atoms with Crippen LogP contribution in [0.4, 0.5) is 11.4 Å². The molecule has 6 nitrogen and oxygen atoms in total. The van der Waals surface area contributed by atoms with Gasteiger partial charge in [-0.3, -0.25) is 14.9 Å². The molecule has 0 fully saturated rings. The van der Waals surface area contributed by atoms with E-state index in [0.717, 1.165) is 0 Å². The fraction of sp³-hybridized carbons (Fsp3) is 0. The van der Waals surface area contributed by atoms with Crippen LogP contribution in [0.25, 0.3) is 0 Å². The van der Waals surface area contributed by atoms with Crippen LogP contribution in [-0.4, -0.2) is 10.8 Å². The maximum Gasteiger partial charge on any atom is 0.270 e. The van der Waals surface area contributed by atoms with E-state index in [1.165, 1.54) is 24.3 Å². The summed E-state index contributed by atoms with van der Waals surface area (Å²) in [5.41, 5.74) is 0.823. The molecule has 0 radical (unpaired) electrons. The number of carbonyl (C=O) groups excluding carboxylic acids is 1.